The van der Waals surface area contributed by atoms with E-state index in [9.17, 15) is 15.2 Å². The molecule has 6 nitrogen and oxygen atoms in total. The summed E-state index contributed by atoms with van der Waals surface area (Å²) in [6.45, 7) is 6.86. The first-order valence-corrected chi connectivity index (χ1v) is 12.6. The Labute approximate surface area is 209 Å². The van der Waals surface area contributed by atoms with Gasteiger partial charge in [0, 0.05) is 18.5 Å². The lowest BCUT2D eigenvalue weighted by Gasteiger charge is -2.29. The van der Waals surface area contributed by atoms with Gasteiger partial charge in [-0.05, 0) is 93.7 Å². The van der Waals surface area contributed by atoms with Gasteiger partial charge in [-0.25, -0.2) is 0 Å². The second-order valence-electron chi connectivity index (χ2n) is 9.96. The maximum Gasteiger partial charge on any atom is 0.306 e. The van der Waals surface area contributed by atoms with E-state index < -0.39 is 6.10 Å². The highest BCUT2D eigenvalue weighted by Crippen LogP contribution is 2.24. The van der Waals surface area contributed by atoms with E-state index in [1.807, 2.05) is 6.07 Å². The zero-order valence-corrected chi connectivity index (χ0v) is 21.2. The maximum absolute atomic E-state index is 11.6. The van der Waals surface area contributed by atoms with Crippen molar-refractivity contribution in [3.63, 3.8) is 0 Å². The monoisotopic (exact) mass is 478 g/mol. The van der Waals surface area contributed by atoms with Crippen LogP contribution < -0.4 is 10.1 Å². The van der Waals surface area contributed by atoms with E-state index in [1.165, 1.54) is 42.4 Å². The number of nitrogens with zero attached hydrogens (tertiary/aromatic N) is 1. The number of esters is 1. The molecule has 0 aromatic heterocycles. The number of aliphatic hydroxyl groups excluding tert-OH is 1. The van der Waals surface area contributed by atoms with Crippen LogP contribution in [-0.4, -0.2) is 42.5 Å². The van der Waals surface area contributed by atoms with E-state index in [0.29, 0.717) is 30.9 Å². The third-order valence-corrected chi connectivity index (χ3v) is 6.40. The first-order chi connectivity index (χ1) is 16.8. The third kappa shape index (κ3) is 8.38. The summed E-state index contributed by atoms with van der Waals surface area (Å²) in [7, 11) is 0. The Morgan fingerprint density at radius 2 is 1.89 bits per heavy atom. The lowest BCUT2D eigenvalue weighted by Crippen LogP contribution is -2.46. The van der Waals surface area contributed by atoms with Crippen molar-refractivity contribution in [1.82, 2.24) is 5.32 Å². The number of rotatable bonds is 12. The Morgan fingerprint density at radius 1 is 1.14 bits per heavy atom. The molecule has 2 aromatic carbocycles. The van der Waals surface area contributed by atoms with E-state index in [1.54, 1.807) is 19.1 Å². The Morgan fingerprint density at radius 3 is 2.63 bits per heavy atom. The number of ether oxygens (including phenoxy) is 2. The van der Waals surface area contributed by atoms with E-state index in [-0.39, 0.29) is 24.5 Å². The Hall–Kier alpha value is -2.88. The minimum Gasteiger partial charge on any atom is -0.489 e. The van der Waals surface area contributed by atoms with Gasteiger partial charge < -0.3 is 19.9 Å². The van der Waals surface area contributed by atoms with Gasteiger partial charge in [0.2, 0.25) is 0 Å². The van der Waals surface area contributed by atoms with Gasteiger partial charge in [0.15, 0.2) is 0 Å². The van der Waals surface area contributed by atoms with Crippen molar-refractivity contribution in [2.24, 2.45) is 0 Å². The fourth-order valence-electron chi connectivity index (χ4n) is 4.52. The molecule has 0 unspecified atom stereocenters. The van der Waals surface area contributed by atoms with Crippen LogP contribution in [0, 0.1) is 11.3 Å². The van der Waals surface area contributed by atoms with Crippen LogP contribution in [0.4, 0.5) is 0 Å². The standard InChI is InChI=1S/C29H38N2O4/c1-4-34-28(33)14-11-21-9-13-25(18-30)27(16-21)35-20-26(32)19-31-29(2,3)17-22-10-12-23-7-5-6-8-24(23)15-22/h9-10,12-13,15-16,26,31-32H,4-8,11,14,17,19-20H2,1-3H3/t26-/m1/s1. The molecular weight excluding hydrogens is 440 g/mol. The number of benzene rings is 2. The van der Waals surface area contributed by atoms with Crippen LogP contribution in [0.1, 0.15) is 67.9 Å². The minimum atomic E-state index is -0.729. The van der Waals surface area contributed by atoms with E-state index in [0.717, 1.165) is 12.0 Å². The van der Waals surface area contributed by atoms with Crippen LogP contribution in [0.2, 0.25) is 0 Å². The van der Waals surface area contributed by atoms with Gasteiger partial charge in [-0.1, -0.05) is 24.3 Å². The molecule has 188 valence electrons. The van der Waals surface area contributed by atoms with Crippen LogP contribution in [0.5, 0.6) is 5.75 Å². The molecule has 2 aromatic rings. The minimum absolute atomic E-state index is 0.0674. The number of hydrogen-bond donors (Lipinski definition) is 2. The Balaban J connectivity index is 1.50. The van der Waals surface area contributed by atoms with Crippen molar-refractivity contribution in [2.75, 3.05) is 19.8 Å². The van der Waals surface area contributed by atoms with Gasteiger partial charge in [-0.3, -0.25) is 4.79 Å². The lowest BCUT2D eigenvalue weighted by molar-refractivity contribution is -0.143. The summed E-state index contributed by atoms with van der Waals surface area (Å²) in [5.74, 6) is 0.167. The molecule has 35 heavy (non-hydrogen) atoms. The quantitative estimate of drug-likeness (QED) is 0.443. The molecule has 6 heteroatoms. The Kier molecular flexibility index (Phi) is 9.71. The first kappa shape index (κ1) is 26.7. The molecule has 3 rings (SSSR count). The smallest absolute Gasteiger partial charge is 0.306 e. The lowest BCUT2D eigenvalue weighted by atomic mass is 9.87. The largest absolute Gasteiger partial charge is 0.489 e. The van der Waals surface area contributed by atoms with Crippen molar-refractivity contribution >= 4 is 5.97 Å². The summed E-state index contributed by atoms with van der Waals surface area (Å²) >= 11 is 0. The topological polar surface area (TPSA) is 91.6 Å². The molecule has 1 atom stereocenters. The molecule has 0 radical (unpaired) electrons. The average Bonchev–Trinajstić information content (AvgIpc) is 2.85. The van der Waals surface area contributed by atoms with Crippen molar-refractivity contribution in [2.45, 2.75) is 77.4 Å². The highest BCUT2D eigenvalue weighted by atomic mass is 16.5. The van der Waals surface area contributed by atoms with Crippen molar-refractivity contribution in [3.8, 4) is 11.8 Å². The molecule has 0 spiro atoms. The molecule has 0 aliphatic heterocycles. The summed E-state index contributed by atoms with van der Waals surface area (Å²) in [5.41, 5.74) is 5.38. The van der Waals surface area contributed by atoms with Crippen molar-refractivity contribution in [1.29, 1.82) is 5.26 Å². The second kappa shape index (κ2) is 12.7. The van der Waals surface area contributed by atoms with Crippen LogP contribution >= 0.6 is 0 Å². The van der Waals surface area contributed by atoms with Gasteiger partial charge in [0.1, 0.15) is 24.5 Å². The summed E-state index contributed by atoms with van der Waals surface area (Å²) in [5, 5.41) is 23.4. The van der Waals surface area contributed by atoms with E-state index in [4.69, 9.17) is 9.47 Å². The number of hydrogen-bond acceptors (Lipinski definition) is 6. The third-order valence-electron chi connectivity index (χ3n) is 6.40. The van der Waals surface area contributed by atoms with Gasteiger partial charge in [0.25, 0.3) is 0 Å². The number of aryl methyl sites for hydroxylation is 3. The fraction of sp³-hybridized carbons (Fsp3) is 0.517. The Bertz CT molecular complexity index is 1040. The van der Waals surface area contributed by atoms with Gasteiger partial charge in [-0.2, -0.15) is 5.26 Å². The van der Waals surface area contributed by atoms with Crippen LogP contribution in [0.15, 0.2) is 36.4 Å². The molecule has 1 aliphatic carbocycles. The zero-order chi connectivity index (χ0) is 25.3. The fourth-order valence-corrected chi connectivity index (χ4v) is 4.52. The number of nitriles is 1. The summed E-state index contributed by atoms with van der Waals surface area (Å²) in [6, 6.07) is 14.2. The molecule has 1 aliphatic rings. The summed E-state index contributed by atoms with van der Waals surface area (Å²) in [4.78, 5) is 11.6. The molecule has 0 saturated carbocycles. The summed E-state index contributed by atoms with van der Waals surface area (Å²) < 4.78 is 10.8. The first-order valence-electron chi connectivity index (χ1n) is 12.6. The van der Waals surface area contributed by atoms with Gasteiger partial charge >= 0.3 is 5.97 Å². The number of aliphatic hydroxyl groups is 1. The summed E-state index contributed by atoms with van der Waals surface area (Å²) in [6.07, 6.45) is 5.82. The van der Waals surface area contributed by atoms with Gasteiger partial charge in [-0.15, -0.1) is 0 Å². The normalized spacial score (nSPS) is 14.0. The number of fused-ring (bicyclic) bond motifs is 1. The van der Waals surface area contributed by atoms with Gasteiger partial charge in [0.05, 0.1) is 12.2 Å². The number of carbonyl (C=O) groups excluding carboxylic acids is 1. The van der Waals surface area contributed by atoms with E-state index in [2.05, 4.69) is 43.4 Å². The molecule has 0 fully saturated rings. The molecule has 2 N–H and O–H groups in total. The highest BCUT2D eigenvalue weighted by molar-refractivity contribution is 5.69. The van der Waals surface area contributed by atoms with Crippen LogP contribution in [-0.2, 0) is 35.2 Å². The molecular formula is C29H38N2O4. The SMILES string of the molecule is CCOC(=O)CCc1ccc(C#N)c(OC[C@H](O)CNC(C)(C)Cc2ccc3c(c2)CCCC3)c1. The van der Waals surface area contributed by atoms with E-state index >= 15 is 0 Å². The number of nitrogens with one attached hydrogen (secondary N) is 1. The second-order valence-corrected chi connectivity index (χ2v) is 9.96. The molecule has 0 saturated heterocycles. The maximum atomic E-state index is 11.6. The average molecular weight is 479 g/mol. The van der Waals surface area contributed by atoms with Crippen LogP contribution in [0.3, 0.4) is 0 Å². The highest BCUT2D eigenvalue weighted by Gasteiger charge is 2.21. The zero-order valence-electron chi connectivity index (χ0n) is 21.2. The van der Waals surface area contributed by atoms with Crippen molar-refractivity contribution in [3.05, 3.63) is 64.2 Å². The van der Waals surface area contributed by atoms with Crippen LogP contribution in [0.25, 0.3) is 0 Å². The predicted molar refractivity (Wildman–Crippen MR) is 136 cm³/mol. The predicted octanol–water partition coefficient (Wildman–Crippen LogP) is 4.28. The number of carbonyl (C=O) groups is 1. The number of β-amino-alcohol motifs (C(OH)–C–C–N with tert-alkyl or cyclic N) is 1. The molecule has 0 heterocycles. The molecule has 0 amide bonds. The molecule has 0 bridgehead atoms. The van der Waals surface area contributed by atoms with Crippen molar-refractivity contribution < 1.29 is 19.4 Å².